The zero-order valence-electron chi connectivity index (χ0n) is 8.08. The van der Waals surface area contributed by atoms with Crippen LogP contribution in [0.3, 0.4) is 0 Å². The van der Waals surface area contributed by atoms with Gasteiger partial charge >= 0.3 is 6.16 Å². The van der Waals surface area contributed by atoms with E-state index in [1.807, 2.05) is 6.07 Å². The molecule has 0 radical (unpaired) electrons. The third-order valence-corrected chi connectivity index (χ3v) is 1.83. The topological polar surface area (TPSA) is 98.6 Å². The molecule has 0 aliphatic carbocycles. The average molecular weight is 220 g/mol. The lowest BCUT2D eigenvalue weighted by Crippen LogP contribution is -2.04. The van der Waals surface area contributed by atoms with Crippen molar-refractivity contribution >= 4 is 12.2 Å². The van der Waals surface area contributed by atoms with Crippen molar-refractivity contribution in [3.8, 4) is 17.2 Å². The maximum Gasteiger partial charge on any atom is 0.512 e. The molecule has 0 amide bonds. The predicted octanol–water partition coefficient (Wildman–Crippen LogP) is 1.98. The van der Waals surface area contributed by atoms with E-state index in [2.05, 4.69) is 9.72 Å². The van der Waals surface area contributed by atoms with Crippen molar-refractivity contribution in [2.24, 2.45) is 0 Å². The highest BCUT2D eigenvalue weighted by atomic mass is 16.7. The zero-order valence-corrected chi connectivity index (χ0v) is 8.08. The number of anilines is 1. The molecular weight excluding hydrogens is 212 g/mol. The summed E-state index contributed by atoms with van der Waals surface area (Å²) >= 11 is 0. The molecule has 1 aromatic carbocycles. The molecule has 0 unspecified atom stereocenters. The fourth-order valence-corrected chi connectivity index (χ4v) is 1.25. The highest BCUT2D eigenvalue weighted by molar-refractivity contribution is 5.69. The molecule has 0 bridgehead atoms. The summed E-state index contributed by atoms with van der Waals surface area (Å²) in [6.07, 6.45) is -1.47. The second-order valence-corrected chi connectivity index (χ2v) is 2.92. The van der Waals surface area contributed by atoms with Crippen LogP contribution >= 0.6 is 0 Å². The monoisotopic (exact) mass is 220 g/mol. The van der Waals surface area contributed by atoms with Gasteiger partial charge in [0.25, 0.3) is 11.9 Å². The molecule has 6 heteroatoms. The smallest absolute Gasteiger partial charge is 0.449 e. The molecule has 1 heterocycles. The summed E-state index contributed by atoms with van der Waals surface area (Å²) in [7, 11) is 0. The molecule has 2 aromatic rings. The van der Waals surface area contributed by atoms with E-state index in [0.29, 0.717) is 5.56 Å². The van der Waals surface area contributed by atoms with Crippen LogP contribution < -0.4 is 10.5 Å². The van der Waals surface area contributed by atoms with Crippen molar-refractivity contribution in [1.29, 1.82) is 0 Å². The number of nitrogens with two attached hydrogens (primary N) is 1. The number of aromatic nitrogens is 1. The van der Waals surface area contributed by atoms with E-state index in [-0.39, 0.29) is 17.7 Å². The summed E-state index contributed by atoms with van der Waals surface area (Å²) in [4.78, 5) is 14.1. The SMILES string of the molecule is Nc1nc(OC(=O)O)c(-c2ccccc2)o1. The van der Waals surface area contributed by atoms with Gasteiger partial charge in [0, 0.05) is 5.56 Å². The fraction of sp³-hybridized carbons (Fsp3) is 0. The van der Waals surface area contributed by atoms with E-state index >= 15 is 0 Å². The van der Waals surface area contributed by atoms with Crippen molar-refractivity contribution < 1.29 is 19.1 Å². The van der Waals surface area contributed by atoms with Gasteiger partial charge in [-0.05, 0) is 0 Å². The molecule has 0 saturated heterocycles. The maximum atomic E-state index is 10.4. The summed E-state index contributed by atoms with van der Waals surface area (Å²) in [5, 5.41) is 8.50. The minimum absolute atomic E-state index is 0.143. The van der Waals surface area contributed by atoms with Crippen molar-refractivity contribution in [3.63, 3.8) is 0 Å². The summed E-state index contributed by atoms with van der Waals surface area (Å²) in [5.41, 5.74) is 5.98. The van der Waals surface area contributed by atoms with Gasteiger partial charge in [0.05, 0.1) is 0 Å². The molecule has 2 rings (SSSR count). The number of ether oxygens (including phenoxy) is 1. The molecule has 0 aliphatic heterocycles. The summed E-state index contributed by atoms with van der Waals surface area (Å²) in [6, 6.07) is 8.69. The molecule has 0 aliphatic rings. The minimum Gasteiger partial charge on any atom is -0.449 e. The quantitative estimate of drug-likeness (QED) is 0.751. The van der Waals surface area contributed by atoms with Crippen molar-refractivity contribution in [1.82, 2.24) is 4.98 Å². The summed E-state index contributed by atoms with van der Waals surface area (Å²) < 4.78 is 9.53. The summed E-state index contributed by atoms with van der Waals surface area (Å²) in [6.45, 7) is 0. The summed E-state index contributed by atoms with van der Waals surface area (Å²) in [5.74, 6) is 0.0386. The highest BCUT2D eigenvalue weighted by Gasteiger charge is 2.17. The number of carbonyl (C=O) groups is 1. The normalized spacial score (nSPS) is 10.0. The van der Waals surface area contributed by atoms with Crippen LogP contribution in [0.2, 0.25) is 0 Å². The van der Waals surface area contributed by atoms with Crippen molar-refractivity contribution in [2.75, 3.05) is 5.73 Å². The third-order valence-electron chi connectivity index (χ3n) is 1.83. The van der Waals surface area contributed by atoms with Crippen LogP contribution in [0.4, 0.5) is 10.8 Å². The Labute approximate surface area is 90.3 Å². The lowest BCUT2D eigenvalue weighted by Gasteiger charge is -1.98. The Morgan fingerprint density at radius 1 is 1.38 bits per heavy atom. The minimum atomic E-state index is -1.47. The number of nitrogens with zero attached hydrogens (tertiary/aromatic N) is 1. The number of rotatable bonds is 2. The highest BCUT2D eigenvalue weighted by Crippen LogP contribution is 2.31. The van der Waals surface area contributed by atoms with Gasteiger partial charge in [0.1, 0.15) is 0 Å². The Bertz CT molecular complexity index is 507. The van der Waals surface area contributed by atoms with E-state index in [1.165, 1.54) is 0 Å². The first kappa shape index (κ1) is 10.0. The predicted molar refractivity (Wildman–Crippen MR) is 55.0 cm³/mol. The lowest BCUT2D eigenvalue weighted by atomic mass is 10.2. The van der Waals surface area contributed by atoms with E-state index in [9.17, 15) is 4.79 Å². The molecule has 82 valence electrons. The standard InChI is InChI=1S/C10H8N2O4/c11-9-12-8(16-10(13)14)7(15-9)6-4-2-1-3-5-6/h1-5H,(H2,11,12)(H,13,14). The molecule has 3 N–H and O–H groups in total. The van der Waals surface area contributed by atoms with Gasteiger partial charge < -0.3 is 20.0 Å². The molecule has 0 saturated carbocycles. The van der Waals surface area contributed by atoms with Crippen LogP contribution in [-0.2, 0) is 0 Å². The Hall–Kier alpha value is -2.50. The van der Waals surface area contributed by atoms with E-state index in [4.69, 9.17) is 15.3 Å². The van der Waals surface area contributed by atoms with Gasteiger partial charge in [-0.2, -0.15) is 4.98 Å². The van der Waals surface area contributed by atoms with Crippen molar-refractivity contribution in [2.45, 2.75) is 0 Å². The average Bonchev–Trinajstić information content (AvgIpc) is 2.60. The molecule has 16 heavy (non-hydrogen) atoms. The van der Waals surface area contributed by atoms with Crippen LogP contribution in [0.5, 0.6) is 5.88 Å². The van der Waals surface area contributed by atoms with Gasteiger partial charge in [-0.15, -0.1) is 0 Å². The Balaban J connectivity index is 2.44. The van der Waals surface area contributed by atoms with Gasteiger partial charge in [-0.3, -0.25) is 0 Å². The van der Waals surface area contributed by atoms with E-state index in [1.54, 1.807) is 24.3 Å². The van der Waals surface area contributed by atoms with Gasteiger partial charge in [0.15, 0.2) is 0 Å². The number of carboxylic acid groups (broad SMARTS) is 1. The van der Waals surface area contributed by atoms with E-state index < -0.39 is 6.16 Å². The second kappa shape index (κ2) is 3.93. The molecule has 0 spiro atoms. The maximum absolute atomic E-state index is 10.4. The fourth-order valence-electron chi connectivity index (χ4n) is 1.25. The molecular formula is C10H8N2O4. The van der Waals surface area contributed by atoms with Crippen LogP contribution in [-0.4, -0.2) is 16.2 Å². The Morgan fingerprint density at radius 2 is 2.06 bits per heavy atom. The number of benzene rings is 1. The number of nitrogen functional groups attached to an aromatic ring is 1. The number of hydrogen-bond donors (Lipinski definition) is 2. The van der Waals surface area contributed by atoms with E-state index in [0.717, 1.165) is 0 Å². The Morgan fingerprint density at radius 3 is 2.69 bits per heavy atom. The molecule has 0 atom stereocenters. The second-order valence-electron chi connectivity index (χ2n) is 2.92. The zero-order chi connectivity index (χ0) is 11.5. The van der Waals surface area contributed by atoms with Crippen molar-refractivity contribution in [3.05, 3.63) is 30.3 Å². The van der Waals surface area contributed by atoms with Crippen LogP contribution in [0.25, 0.3) is 11.3 Å². The first-order valence-electron chi connectivity index (χ1n) is 4.39. The Kier molecular flexibility index (Phi) is 2.47. The first-order chi connectivity index (χ1) is 7.66. The molecule has 1 aromatic heterocycles. The van der Waals surface area contributed by atoms with Gasteiger partial charge in [-0.25, -0.2) is 4.79 Å². The van der Waals surface area contributed by atoms with Crippen LogP contribution in [0.15, 0.2) is 34.7 Å². The van der Waals surface area contributed by atoms with Gasteiger partial charge in [0.2, 0.25) is 5.76 Å². The van der Waals surface area contributed by atoms with Gasteiger partial charge in [-0.1, -0.05) is 30.3 Å². The van der Waals surface area contributed by atoms with Crippen LogP contribution in [0, 0.1) is 0 Å². The molecule has 6 nitrogen and oxygen atoms in total. The number of oxazole rings is 1. The van der Waals surface area contributed by atoms with Crippen LogP contribution in [0.1, 0.15) is 0 Å². The third kappa shape index (κ3) is 1.95. The number of hydrogen-bond acceptors (Lipinski definition) is 5. The lowest BCUT2D eigenvalue weighted by molar-refractivity contribution is 0.143. The largest absolute Gasteiger partial charge is 0.512 e. The molecule has 0 fully saturated rings. The first-order valence-corrected chi connectivity index (χ1v) is 4.39.